The van der Waals surface area contributed by atoms with Gasteiger partial charge in [0.25, 0.3) is 5.91 Å². The molecular formula is C10H12INO2S. The molecule has 1 heterocycles. The summed E-state index contributed by atoms with van der Waals surface area (Å²) in [6.45, 7) is 0.499. The standard InChI is InChI=1S/C10H12INO2S/c11-9-5-7(6-15-9)10(14)12(3-4-13)8-1-2-8/h5-6,8,13H,1-4H2. The number of thiophene rings is 1. The Morgan fingerprint density at radius 1 is 1.67 bits per heavy atom. The first-order chi connectivity index (χ1) is 7.22. The van der Waals surface area contributed by atoms with Gasteiger partial charge in [-0.05, 0) is 41.5 Å². The van der Waals surface area contributed by atoms with Crippen LogP contribution in [0.3, 0.4) is 0 Å². The van der Waals surface area contributed by atoms with Crippen LogP contribution in [0.5, 0.6) is 0 Å². The van der Waals surface area contributed by atoms with Gasteiger partial charge in [0.2, 0.25) is 0 Å². The first-order valence-electron chi connectivity index (χ1n) is 4.88. The number of amides is 1. The van der Waals surface area contributed by atoms with Gasteiger partial charge in [-0.3, -0.25) is 4.79 Å². The molecule has 5 heteroatoms. The molecule has 2 rings (SSSR count). The Morgan fingerprint density at radius 2 is 2.40 bits per heavy atom. The van der Waals surface area contributed by atoms with Gasteiger partial charge in [0.15, 0.2) is 0 Å². The second-order valence-electron chi connectivity index (χ2n) is 3.59. The number of carbonyl (C=O) groups is 1. The van der Waals surface area contributed by atoms with Gasteiger partial charge < -0.3 is 10.0 Å². The summed E-state index contributed by atoms with van der Waals surface area (Å²) in [4.78, 5) is 13.8. The van der Waals surface area contributed by atoms with Crippen LogP contribution in [0.15, 0.2) is 11.4 Å². The van der Waals surface area contributed by atoms with Crippen LogP contribution in [-0.4, -0.2) is 35.1 Å². The summed E-state index contributed by atoms with van der Waals surface area (Å²) in [5, 5.41) is 10.8. The molecule has 0 unspecified atom stereocenters. The molecule has 0 bridgehead atoms. The third kappa shape index (κ3) is 2.70. The molecule has 1 aromatic rings. The maximum Gasteiger partial charge on any atom is 0.255 e. The molecule has 1 aromatic heterocycles. The summed E-state index contributed by atoms with van der Waals surface area (Å²) < 4.78 is 1.12. The van der Waals surface area contributed by atoms with Crippen LogP contribution in [0.1, 0.15) is 23.2 Å². The maximum atomic E-state index is 12.0. The topological polar surface area (TPSA) is 40.5 Å². The quantitative estimate of drug-likeness (QED) is 0.854. The van der Waals surface area contributed by atoms with Crippen molar-refractivity contribution in [1.82, 2.24) is 4.90 Å². The normalized spacial score (nSPS) is 15.3. The Bertz CT molecular complexity index is 362. The number of carbonyl (C=O) groups excluding carboxylic acids is 1. The van der Waals surface area contributed by atoms with Crippen LogP contribution in [0, 0.1) is 2.88 Å². The molecule has 15 heavy (non-hydrogen) atoms. The number of aliphatic hydroxyl groups excluding tert-OH is 1. The number of hydrogen-bond acceptors (Lipinski definition) is 3. The predicted octanol–water partition coefficient (Wildman–Crippen LogP) is 1.95. The summed E-state index contributed by atoms with van der Waals surface area (Å²) >= 11 is 3.79. The first-order valence-corrected chi connectivity index (χ1v) is 6.84. The minimum Gasteiger partial charge on any atom is -0.395 e. The molecular weight excluding hydrogens is 325 g/mol. The lowest BCUT2D eigenvalue weighted by atomic mass is 10.3. The van der Waals surface area contributed by atoms with E-state index >= 15 is 0 Å². The fraction of sp³-hybridized carbons (Fsp3) is 0.500. The van der Waals surface area contributed by atoms with Crippen molar-refractivity contribution in [2.45, 2.75) is 18.9 Å². The van der Waals surface area contributed by atoms with E-state index < -0.39 is 0 Å². The average molecular weight is 337 g/mol. The van der Waals surface area contributed by atoms with Crippen LogP contribution in [-0.2, 0) is 0 Å². The Kier molecular flexibility index (Phi) is 3.63. The number of hydrogen-bond donors (Lipinski definition) is 1. The van der Waals surface area contributed by atoms with Crippen LogP contribution >= 0.6 is 33.9 Å². The summed E-state index contributed by atoms with van der Waals surface area (Å²) in [6, 6.07) is 2.27. The van der Waals surface area contributed by atoms with Crippen molar-refractivity contribution in [2.24, 2.45) is 0 Å². The molecule has 82 valence electrons. The Labute approximate surface area is 106 Å². The molecule has 1 saturated carbocycles. The van der Waals surface area contributed by atoms with Crippen LogP contribution in [0.2, 0.25) is 0 Å². The van der Waals surface area contributed by atoms with Gasteiger partial charge >= 0.3 is 0 Å². The zero-order valence-electron chi connectivity index (χ0n) is 8.15. The van der Waals surface area contributed by atoms with E-state index in [0.29, 0.717) is 12.6 Å². The molecule has 0 atom stereocenters. The largest absolute Gasteiger partial charge is 0.395 e. The van der Waals surface area contributed by atoms with Crippen molar-refractivity contribution in [3.05, 3.63) is 19.9 Å². The highest BCUT2D eigenvalue weighted by Crippen LogP contribution is 2.29. The van der Waals surface area contributed by atoms with Crippen LogP contribution in [0.4, 0.5) is 0 Å². The summed E-state index contributed by atoms with van der Waals surface area (Å²) in [6.07, 6.45) is 2.15. The van der Waals surface area contributed by atoms with Gasteiger partial charge in [-0.25, -0.2) is 0 Å². The summed E-state index contributed by atoms with van der Waals surface area (Å²) in [7, 11) is 0. The molecule has 1 aliphatic rings. The monoisotopic (exact) mass is 337 g/mol. The highest BCUT2D eigenvalue weighted by atomic mass is 127. The van der Waals surface area contributed by atoms with E-state index in [-0.39, 0.29) is 12.5 Å². The molecule has 1 aliphatic carbocycles. The van der Waals surface area contributed by atoms with E-state index in [1.165, 1.54) is 0 Å². The minimum absolute atomic E-state index is 0.0451. The smallest absolute Gasteiger partial charge is 0.255 e. The fourth-order valence-electron chi connectivity index (χ4n) is 1.53. The number of aliphatic hydroxyl groups is 1. The first kappa shape index (κ1) is 11.3. The molecule has 0 spiro atoms. The predicted molar refractivity (Wildman–Crippen MR) is 68.2 cm³/mol. The van der Waals surface area contributed by atoms with Crippen molar-refractivity contribution in [2.75, 3.05) is 13.2 Å². The summed E-state index contributed by atoms with van der Waals surface area (Å²) in [5.74, 6) is 0.0608. The van der Waals surface area contributed by atoms with Gasteiger partial charge in [0.05, 0.1) is 15.1 Å². The lowest BCUT2D eigenvalue weighted by Gasteiger charge is -2.20. The Balaban J connectivity index is 2.10. The fourth-order valence-corrected chi connectivity index (χ4v) is 2.85. The lowest BCUT2D eigenvalue weighted by molar-refractivity contribution is 0.0708. The average Bonchev–Trinajstić information content (AvgIpc) is 2.96. The Hall–Kier alpha value is -0.140. The van der Waals surface area contributed by atoms with Crippen LogP contribution < -0.4 is 0 Å². The molecule has 3 nitrogen and oxygen atoms in total. The molecule has 0 aliphatic heterocycles. The highest BCUT2D eigenvalue weighted by Gasteiger charge is 2.32. The van der Waals surface area contributed by atoms with Crippen LogP contribution in [0.25, 0.3) is 0 Å². The molecule has 0 saturated heterocycles. The van der Waals surface area contributed by atoms with E-state index in [1.54, 1.807) is 16.2 Å². The van der Waals surface area contributed by atoms with Crippen molar-refractivity contribution < 1.29 is 9.90 Å². The van der Waals surface area contributed by atoms with Crippen molar-refractivity contribution in [3.8, 4) is 0 Å². The zero-order valence-corrected chi connectivity index (χ0v) is 11.1. The molecule has 1 amide bonds. The molecule has 1 fully saturated rings. The number of nitrogens with zero attached hydrogens (tertiary/aromatic N) is 1. The SMILES string of the molecule is O=C(c1csc(I)c1)N(CCO)C1CC1. The van der Waals surface area contributed by atoms with E-state index in [0.717, 1.165) is 21.3 Å². The van der Waals surface area contributed by atoms with E-state index in [4.69, 9.17) is 5.11 Å². The second kappa shape index (κ2) is 4.80. The van der Waals surface area contributed by atoms with Crippen molar-refractivity contribution >= 4 is 39.8 Å². The lowest BCUT2D eigenvalue weighted by Crippen LogP contribution is -2.35. The second-order valence-corrected chi connectivity index (χ2v) is 6.40. The van der Waals surface area contributed by atoms with Gasteiger partial charge in [-0.1, -0.05) is 0 Å². The van der Waals surface area contributed by atoms with Crippen molar-refractivity contribution in [3.63, 3.8) is 0 Å². The maximum absolute atomic E-state index is 12.0. The van der Waals surface area contributed by atoms with E-state index in [1.807, 2.05) is 11.4 Å². The van der Waals surface area contributed by atoms with Gasteiger partial charge in [-0.2, -0.15) is 0 Å². The van der Waals surface area contributed by atoms with Gasteiger partial charge in [0.1, 0.15) is 0 Å². The van der Waals surface area contributed by atoms with E-state index in [9.17, 15) is 4.79 Å². The molecule has 1 N–H and O–H groups in total. The third-order valence-electron chi connectivity index (χ3n) is 2.40. The minimum atomic E-state index is 0.0451. The van der Waals surface area contributed by atoms with Gasteiger partial charge in [0, 0.05) is 18.0 Å². The summed E-state index contributed by atoms with van der Waals surface area (Å²) in [5.41, 5.74) is 0.754. The van der Waals surface area contributed by atoms with Crippen molar-refractivity contribution in [1.29, 1.82) is 0 Å². The number of halogens is 1. The van der Waals surface area contributed by atoms with Gasteiger partial charge in [-0.15, -0.1) is 11.3 Å². The highest BCUT2D eigenvalue weighted by molar-refractivity contribution is 14.1. The molecule has 0 radical (unpaired) electrons. The van der Waals surface area contributed by atoms with E-state index in [2.05, 4.69) is 22.6 Å². The number of rotatable bonds is 4. The molecule has 0 aromatic carbocycles. The third-order valence-corrected chi connectivity index (χ3v) is 4.19. The zero-order chi connectivity index (χ0) is 10.8. The Morgan fingerprint density at radius 3 is 2.87 bits per heavy atom.